The summed E-state index contributed by atoms with van der Waals surface area (Å²) in [5.41, 5.74) is 9.94. The number of rotatable bonds is 2. The minimum Gasteiger partial charge on any atom is -0.309 e. The molecule has 162 valence electrons. The van der Waals surface area contributed by atoms with Crippen molar-refractivity contribution < 1.29 is 0 Å². The number of hydrogen-bond donors (Lipinski definition) is 0. The SMILES string of the molecule is Cc1cc(-n2c3ccccc3c3ccccc32)c(C)c(-n2c3ccccc3c3ccccc32)c1. The predicted molar refractivity (Wildman–Crippen MR) is 145 cm³/mol. The Morgan fingerprint density at radius 2 is 0.706 bits per heavy atom. The van der Waals surface area contributed by atoms with Crippen LogP contribution in [0.4, 0.5) is 0 Å². The van der Waals surface area contributed by atoms with Crippen molar-refractivity contribution in [3.63, 3.8) is 0 Å². The highest BCUT2D eigenvalue weighted by molar-refractivity contribution is 6.10. The third kappa shape index (κ3) is 2.57. The van der Waals surface area contributed by atoms with E-state index in [0.717, 1.165) is 0 Å². The molecule has 2 heteroatoms. The molecule has 2 aromatic heterocycles. The van der Waals surface area contributed by atoms with E-state index in [1.165, 1.54) is 66.1 Å². The van der Waals surface area contributed by atoms with Crippen LogP contribution in [0.3, 0.4) is 0 Å². The summed E-state index contributed by atoms with van der Waals surface area (Å²) in [6.07, 6.45) is 0. The van der Waals surface area contributed by atoms with Crippen molar-refractivity contribution in [2.45, 2.75) is 13.8 Å². The summed E-state index contributed by atoms with van der Waals surface area (Å²) in [6.45, 7) is 4.46. The first-order chi connectivity index (χ1) is 16.7. The Hall–Kier alpha value is -4.30. The third-order valence-corrected chi connectivity index (χ3v) is 7.14. The van der Waals surface area contributed by atoms with Gasteiger partial charge in [0.15, 0.2) is 0 Å². The first kappa shape index (κ1) is 19.2. The fourth-order valence-corrected chi connectivity index (χ4v) is 5.65. The quantitative estimate of drug-likeness (QED) is 0.257. The summed E-state index contributed by atoms with van der Waals surface area (Å²) in [4.78, 5) is 0. The van der Waals surface area contributed by atoms with Gasteiger partial charge in [0, 0.05) is 21.5 Å². The molecule has 0 aliphatic heterocycles. The first-order valence-electron chi connectivity index (χ1n) is 11.8. The largest absolute Gasteiger partial charge is 0.309 e. The molecule has 7 rings (SSSR count). The van der Waals surface area contributed by atoms with E-state index in [1.54, 1.807) is 0 Å². The second kappa shape index (κ2) is 7.10. The Bertz CT molecular complexity index is 1640. The lowest BCUT2D eigenvalue weighted by Gasteiger charge is -2.18. The van der Waals surface area contributed by atoms with E-state index in [0.29, 0.717) is 0 Å². The monoisotopic (exact) mass is 436 g/mol. The molecule has 0 aliphatic rings. The highest BCUT2D eigenvalue weighted by Gasteiger charge is 2.18. The van der Waals surface area contributed by atoms with Crippen molar-refractivity contribution in [3.8, 4) is 11.4 Å². The zero-order valence-electron chi connectivity index (χ0n) is 19.3. The smallest absolute Gasteiger partial charge is 0.0541 e. The van der Waals surface area contributed by atoms with Crippen LogP contribution in [0.25, 0.3) is 55.0 Å². The Morgan fingerprint density at radius 3 is 1.03 bits per heavy atom. The van der Waals surface area contributed by atoms with E-state index in [-0.39, 0.29) is 0 Å². The van der Waals surface area contributed by atoms with Gasteiger partial charge >= 0.3 is 0 Å². The second-order valence-electron chi connectivity index (χ2n) is 9.17. The van der Waals surface area contributed by atoms with E-state index in [1.807, 2.05) is 0 Å². The molecule has 34 heavy (non-hydrogen) atoms. The molecule has 0 atom stereocenters. The van der Waals surface area contributed by atoms with Crippen LogP contribution in [0.1, 0.15) is 11.1 Å². The minimum absolute atomic E-state index is 1.23. The van der Waals surface area contributed by atoms with Crippen LogP contribution in [0.2, 0.25) is 0 Å². The van der Waals surface area contributed by atoms with Crippen molar-refractivity contribution in [3.05, 3.63) is 120 Å². The molecule has 0 amide bonds. The Morgan fingerprint density at radius 1 is 0.412 bits per heavy atom. The molecule has 0 N–H and O–H groups in total. The fraction of sp³-hybridized carbons (Fsp3) is 0.0625. The maximum atomic E-state index is 2.43. The Balaban J connectivity index is 1.62. The molecule has 0 unspecified atom stereocenters. The highest BCUT2D eigenvalue weighted by atomic mass is 15.0. The number of fused-ring (bicyclic) bond motifs is 6. The van der Waals surface area contributed by atoms with Crippen LogP contribution in [-0.4, -0.2) is 9.13 Å². The molecular formula is C32H24N2. The molecule has 5 aromatic carbocycles. The maximum Gasteiger partial charge on any atom is 0.0541 e. The number of para-hydroxylation sites is 4. The topological polar surface area (TPSA) is 9.86 Å². The molecular weight excluding hydrogens is 412 g/mol. The molecule has 0 aliphatic carbocycles. The second-order valence-corrected chi connectivity index (χ2v) is 9.17. The lowest BCUT2D eigenvalue weighted by molar-refractivity contribution is 1.08. The Kier molecular flexibility index (Phi) is 4.01. The third-order valence-electron chi connectivity index (χ3n) is 7.14. The van der Waals surface area contributed by atoms with Gasteiger partial charge in [-0.1, -0.05) is 72.8 Å². The lowest BCUT2D eigenvalue weighted by atomic mass is 10.1. The maximum absolute atomic E-state index is 2.43. The van der Waals surface area contributed by atoms with Crippen molar-refractivity contribution in [1.29, 1.82) is 0 Å². The zero-order valence-corrected chi connectivity index (χ0v) is 19.3. The van der Waals surface area contributed by atoms with Gasteiger partial charge in [-0.3, -0.25) is 0 Å². The average Bonchev–Trinajstić information content (AvgIpc) is 3.39. The van der Waals surface area contributed by atoms with Crippen LogP contribution >= 0.6 is 0 Å². The fourth-order valence-electron chi connectivity index (χ4n) is 5.65. The number of benzene rings is 5. The number of aryl methyl sites for hydroxylation is 1. The minimum atomic E-state index is 1.23. The van der Waals surface area contributed by atoms with Gasteiger partial charge in [-0.15, -0.1) is 0 Å². The van der Waals surface area contributed by atoms with Crippen LogP contribution in [-0.2, 0) is 0 Å². The molecule has 2 nitrogen and oxygen atoms in total. The van der Waals surface area contributed by atoms with Gasteiger partial charge < -0.3 is 9.13 Å². The summed E-state index contributed by atoms with van der Waals surface area (Å²) < 4.78 is 4.87. The molecule has 0 fully saturated rings. The molecule has 0 radical (unpaired) electrons. The predicted octanol–water partition coefficient (Wildman–Crippen LogP) is 8.50. The van der Waals surface area contributed by atoms with E-state index in [4.69, 9.17) is 0 Å². The lowest BCUT2D eigenvalue weighted by Crippen LogP contribution is -2.04. The standard InChI is InChI=1S/C32H24N2/c1-21-19-31(33-27-15-7-3-11-23(27)24-12-4-8-16-28(24)33)22(2)32(20-21)34-29-17-9-5-13-25(29)26-14-6-10-18-30(26)34/h3-20H,1-2H3. The number of hydrogen-bond acceptors (Lipinski definition) is 0. The zero-order chi connectivity index (χ0) is 22.8. The molecule has 0 saturated heterocycles. The first-order valence-corrected chi connectivity index (χ1v) is 11.8. The molecule has 0 saturated carbocycles. The Labute approximate surface area is 198 Å². The summed E-state index contributed by atoms with van der Waals surface area (Å²) >= 11 is 0. The molecule has 7 aromatic rings. The van der Waals surface area contributed by atoms with Gasteiger partial charge in [0.1, 0.15) is 0 Å². The van der Waals surface area contributed by atoms with Crippen LogP contribution < -0.4 is 0 Å². The van der Waals surface area contributed by atoms with E-state index in [2.05, 4.69) is 132 Å². The van der Waals surface area contributed by atoms with Crippen molar-refractivity contribution in [2.24, 2.45) is 0 Å². The summed E-state index contributed by atoms with van der Waals surface area (Å²) in [6, 6.07) is 39.6. The summed E-state index contributed by atoms with van der Waals surface area (Å²) in [5.74, 6) is 0. The van der Waals surface area contributed by atoms with Gasteiger partial charge in [0.05, 0.1) is 33.4 Å². The molecule has 2 heterocycles. The van der Waals surface area contributed by atoms with Gasteiger partial charge in [0.2, 0.25) is 0 Å². The van der Waals surface area contributed by atoms with Gasteiger partial charge in [-0.25, -0.2) is 0 Å². The van der Waals surface area contributed by atoms with Crippen LogP contribution in [0, 0.1) is 13.8 Å². The number of aromatic nitrogens is 2. The molecule has 0 bridgehead atoms. The van der Waals surface area contributed by atoms with Crippen molar-refractivity contribution in [1.82, 2.24) is 9.13 Å². The van der Waals surface area contributed by atoms with Crippen molar-refractivity contribution >= 4 is 43.6 Å². The van der Waals surface area contributed by atoms with Gasteiger partial charge in [0.25, 0.3) is 0 Å². The summed E-state index contributed by atoms with van der Waals surface area (Å²) in [5, 5.41) is 5.16. The molecule has 0 spiro atoms. The highest BCUT2D eigenvalue weighted by Crippen LogP contribution is 2.37. The van der Waals surface area contributed by atoms with Gasteiger partial charge in [-0.05, 0) is 61.4 Å². The summed E-state index contributed by atoms with van der Waals surface area (Å²) in [7, 11) is 0. The van der Waals surface area contributed by atoms with E-state index in [9.17, 15) is 0 Å². The van der Waals surface area contributed by atoms with Crippen LogP contribution in [0.5, 0.6) is 0 Å². The van der Waals surface area contributed by atoms with Crippen molar-refractivity contribution in [2.75, 3.05) is 0 Å². The average molecular weight is 437 g/mol. The van der Waals surface area contributed by atoms with Crippen LogP contribution in [0.15, 0.2) is 109 Å². The van der Waals surface area contributed by atoms with E-state index >= 15 is 0 Å². The van der Waals surface area contributed by atoms with Gasteiger partial charge in [-0.2, -0.15) is 0 Å². The normalized spacial score (nSPS) is 11.8. The van der Waals surface area contributed by atoms with E-state index < -0.39 is 0 Å². The number of nitrogens with zero attached hydrogens (tertiary/aromatic N) is 2.